The fourth-order valence-corrected chi connectivity index (χ4v) is 2.66. The summed E-state index contributed by atoms with van der Waals surface area (Å²) < 4.78 is 0. The van der Waals surface area contributed by atoms with E-state index in [2.05, 4.69) is 24.8 Å². The SMILES string of the molecule is Nc1nc(N2CCCCC2)nc(N2CCCC2)n1. The molecule has 6 nitrogen and oxygen atoms in total. The molecule has 1 aromatic rings. The molecule has 2 aliphatic rings. The number of nitrogens with two attached hydrogens (primary N) is 1. The van der Waals surface area contributed by atoms with E-state index in [0.717, 1.165) is 38.1 Å². The Morgan fingerprint density at radius 2 is 1.11 bits per heavy atom. The molecule has 0 bridgehead atoms. The third-order valence-corrected chi connectivity index (χ3v) is 3.66. The number of hydrogen-bond donors (Lipinski definition) is 1. The molecule has 1 aromatic heterocycles. The van der Waals surface area contributed by atoms with E-state index in [9.17, 15) is 0 Å². The minimum absolute atomic E-state index is 0.340. The topological polar surface area (TPSA) is 71.2 Å². The number of anilines is 3. The first kappa shape index (κ1) is 11.5. The zero-order valence-electron chi connectivity index (χ0n) is 10.7. The van der Waals surface area contributed by atoms with Crippen LogP contribution in [0.15, 0.2) is 0 Å². The molecule has 6 heteroatoms. The van der Waals surface area contributed by atoms with Gasteiger partial charge < -0.3 is 15.5 Å². The van der Waals surface area contributed by atoms with E-state index in [4.69, 9.17) is 5.73 Å². The van der Waals surface area contributed by atoms with Gasteiger partial charge in [-0.25, -0.2) is 0 Å². The Balaban J connectivity index is 1.84. The average Bonchev–Trinajstić information content (AvgIpc) is 2.93. The van der Waals surface area contributed by atoms with Gasteiger partial charge in [-0.3, -0.25) is 0 Å². The van der Waals surface area contributed by atoms with E-state index < -0.39 is 0 Å². The first-order valence-corrected chi connectivity index (χ1v) is 6.84. The third-order valence-electron chi connectivity index (χ3n) is 3.66. The lowest BCUT2D eigenvalue weighted by Gasteiger charge is -2.27. The molecule has 0 unspecified atom stereocenters. The summed E-state index contributed by atoms with van der Waals surface area (Å²) in [5, 5.41) is 0. The van der Waals surface area contributed by atoms with E-state index in [-0.39, 0.29) is 0 Å². The van der Waals surface area contributed by atoms with Crippen LogP contribution >= 0.6 is 0 Å². The second kappa shape index (κ2) is 4.96. The van der Waals surface area contributed by atoms with E-state index in [1.807, 2.05) is 0 Å². The van der Waals surface area contributed by atoms with E-state index >= 15 is 0 Å². The van der Waals surface area contributed by atoms with E-state index in [1.54, 1.807) is 0 Å². The van der Waals surface area contributed by atoms with Crippen molar-refractivity contribution >= 4 is 17.8 Å². The summed E-state index contributed by atoms with van der Waals surface area (Å²) in [4.78, 5) is 17.6. The van der Waals surface area contributed by atoms with Crippen molar-refractivity contribution in [3.63, 3.8) is 0 Å². The van der Waals surface area contributed by atoms with Crippen LogP contribution in [0.3, 0.4) is 0 Å². The maximum Gasteiger partial charge on any atom is 0.231 e. The van der Waals surface area contributed by atoms with Gasteiger partial charge in [0.05, 0.1) is 0 Å². The van der Waals surface area contributed by atoms with Gasteiger partial charge >= 0.3 is 0 Å². The number of nitrogens with zero attached hydrogens (tertiary/aromatic N) is 5. The Morgan fingerprint density at radius 3 is 1.61 bits per heavy atom. The van der Waals surface area contributed by atoms with Gasteiger partial charge in [0, 0.05) is 26.2 Å². The third kappa shape index (κ3) is 2.32. The van der Waals surface area contributed by atoms with Gasteiger partial charge in [0.1, 0.15) is 0 Å². The summed E-state index contributed by atoms with van der Waals surface area (Å²) in [5.41, 5.74) is 5.82. The zero-order chi connectivity index (χ0) is 12.4. The molecule has 0 radical (unpaired) electrons. The predicted octanol–water partition coefficient (Wildman–Crippen LogP) is 1.04. The molecule has 2 aliphatic heterocycles. The molecule has 3 heterocycles. The van der Waals surface area contributed by atoms with Crippen molar-refractivity contribution in [1.29, 1.82) is 0 Å². The monoisotopic (exact) mass is 248 g/mol. The second-order valence-corrected chi connectivity index (χ2v) is 5.04. The van der Waals surface area contributed by atoms with Crippen molar-refractivity contribution < 1.29 is 0 Å². The lowest BCUT2D eigenvalue weighted by atomic mass is 10.1. The predicted molar refractivity (Wildman–Crippen MR) is 71.8 cm³/mol. The van der Waals surface area contributed by atoms with Crippen LogP contribution in [-0.2, 0) is 0 Å². The quantitative estimate of drug-likeness (QED) is 0.843. The number of aromatic nitrogens is 3. The van der Waals surface area contributed by atoms with Crippen LogP contribution in [0.1, 0.15) is 32.1 Å². The van der Waals surface area contributed by atoms with Gasteiger partial charge in [-0.2, -0.15) is 15.0 Å². The molecule has 0 aliphatic carbocycles. The van der Waals surface area contributed by atoms with Gasteiger partial charge in [0.15, 0.2) is 0 Å². The van der Waals surface area contributed by atoms with E-state index in [0.29, 0.717) is 5.95 Å². The summed E-state index contributed by atoms with van der Waals surface area (Å²) in [5.74, 6) is 1.84. The Morgan fingerprint density at radius 1 is 0.667 bits per heavy atom. The maximum atomic E-state index is 5.82. The van der Waals surface area contributed by atoms with Crippen molar-refractivity contribution in [2.75, 3.05) is 41.7 Å². The Kier molecular flexibility index (Phi) is 3.17. The fourth-order valence-electron chi connectivity index (χ4n) is 2.66. The fraction of sp³-hybridized carbons (Fsp3) is 0.750. The minimum Gasteiger partial charge on any atom is -0.368 e. The highest BCUT2D eigenvalue weighted by atomic mass is 15.4. The largest absolute Gasteiger partial charge is 0.368 e. The highest BCUT2D eigenvalue weighted by Crippen LogP contribution is 2.21. The smallest absolute Gasteiger partial charge is 0.231 e. The molecule has 98 valence electrons. The standard InChI is InChI=1S/C12H20N6/c13-10-14-11(17-6-2-1-3-7-17)16-12(15-10)18-8-4-5-9-18/h1-9H2,(H2,13,14,15,16). The molecule has 0 atom stereocenters. The normalized spacial score (nSPS) is 20.4. The van der Waals surface area contributed by atoms with Crippen LogP contribution in [0.4, 0.5) is 17.8 Å². The number of piperidine rings is 1. The number of hydrogen-bond acceptors (Lipinski definition) is 6. The maximum absolute atomic E-state index is 5.82. The number of rotatable bonds is 2. The molecule has 0 saturated carbocycles. The Bertz CT molecular complexity index is 409. The first-order valence-electron chi connectivity index (χ1n) is 6.84. The molecule has 18 heavy (non-hydrogen) atoms. The number of nitrogen functional groups attached to an aromatic ring is 1. The second-order valence-electron chi connectivity index (χ2n) is 5.04. The van der Waals surface area contributed by atoms with Crippen LogP contribution in [-0.4, -0.2) is 41.1 Å². The van der Waals surface area contributed by atoms with Crippen LogP contribution in [0.5, 0.6) is 0 Å². The molecule has 2 saturated heterocycles. The summed E-state index contributed by atoms with van der Waals surface area (Å²) in [7, 11) is 0. The molecular weight excluding hydrogens is 228 g/mol. The molecule has 0 aromatic carbocycles. The highest BCUT2D eigenvalue weighted by molar-refractivity contribution is 5.44. The van der Waals surface area contributed by atoms with Crippen molar-refractivity contribution in [2.45, 2.75) is 32.1 Å². The van der Waals surface area contributed by atoms with Crippen molar-refractivity contribution in [3.05, 3.63) is 0 Å². The molecule has 2 N–H and O–H groups in total. The molecular formula is C12H20N6. The lowest BCUT2D eigenvalue weighted by Crippen LogP contribution is -2.32. The van der Waals surface area contributed by atoms with Gasteiger partial charge in [-0.05, 0) is 32.1 Å². The zero-order valence-corrected chi connectivity index (χ0v) is 10.7. The van der Waals surface area contributed by atoms with Crippen LogP contribution in [0, 0.1) is 0 Å². The van der Waals surface area contributed by atoms with Crippen molar-refractivity contribution in [3.8, 4) is 0 Å². The summed E-state index contributed by atoms with van der Waals surface area (Å²) in [6.45, 7) is 4.12. The summed E-state index contributed by atoms with van der Waals surface area (Å²) in [6, 6.07) is 0. The van der Waals surface area contributed by atoms with Crippen molar-refractivity contribution in [2.24, 2.45) is 0 Å². The molecule has 3 rings (SSSR count). The average molecular weight is 248 g/mol. The molecule has 0 spiro atoms. The Labute approximate surface area is 107 Å². The highest BCUT2D eigenvalue weighted by Gasteiger charge is 2.20. The Hall–Kier alpha value is -1.59. The minimum atomic E-state index is 0.340. The van der Waals surface area contributed by atoms with Gasteiger partial charge in [-0.1, -0.05) is 0 Å². The van der Waals surface area contributed by atoms with Crippen molar-refractivity contribution in [1.82, 2.24) is 15.0 Å². The molecule has 2 fully saturated rings. The lowest BCUT2D eigenvalue weighted by molar-refractivity contribution is 0.567. The van der Waals surface area contributed by atoms with Gasteiger partial charge in [0.25, 0.3) is 0 Å². The van der Waals surface area contributed by atoms with E-state index in [1.165, 1.54) is 32.1 Å². The summed E-state index contributed by atoms with van der Waals surface area (Å²) in [6.07, 6.45) is 6.15. The van der Waals surface area contributed by atoms with Crippen LogP contribution in [0.25, 0.3) is 0 Å². The van der Waals surface area contributed by atoms with Crippen LogP contribution < -0.4 is 15.5 Å². The first-order chi connectivity index (χ1) is 8.83. The van der Waals surface area contributed by atoms with Crippen LogP contribution in [0.2, 0.25) is 0 Å². The van der Waals surface area contributed by atoms with Gasteiger partial charge in [-0.15, -0.1) is 0 Å². The summed E-state index contributed by atoms with van der Waals surface area (Å²) >= 11 is 0. The van der Waals surface area contributed by atoms with Gasteiger partial charge in [0.2, 0.25) is 17.8 Å². The molecule has 0 amide bonds.